The van der Waals surface area contributed by atoms with Crippen LogP contribution in [0.3, 0.4) is 0 Å². The number of nitrogens with zero attached hydrogens (tertiary/aromatic N) is 1. The average Bonchev–Trinajstić information content (AvgIpc) is 2.90. The van der Waals surface area contributed by atoms with Crippen molar-refractivity contribution in [3.63, 3.8) is 0 Å². The molecule has 0 saturated heterocycles. The smallest absolute Gasteiger partial charge is 0.262 e. The summed E-state index contributed by atoms with van der Waals surface area (Å²) in [6.07, 6.45) is 0. The first-order chi connectivity index (χ1) is 12.1. The van der Waals surface area contributed by atoms with Gasteiger partial charge < -0.3 is 14.2 Å². The van der Waals surface area contributed by atoms with Crippen LogP contribution in [0.15, 0.2) is 42.5 Å². The highest BCUT2D eigenvalue weighted by molar-refractivity contribution is 6.21. The Bertz CT molecular complexity index is 782. The number of fused-ring (bicyclic) bond motifs is 1. The molecule has 1 heterocycles. The van der Waals surface area contributed by atoms with Crippen LogP contribution >= 0.6 is 0 Å². The van der Waals surface area contributed by atoms with Crippen molar-refractivity contribution in [3.8, 4) is 11.5 Å². The summed E-state index contributed by atoms with van der Waals surface area (Å²) in [5.41, 5.74) is 1.55. The van der Waals surface area contributed by atoms with Crippen molar-refractivity contribution < 1.29 is 23.8 Å². The Morgan fingerprint density at radius 1 is 0.880 bits per heavy atom. The maximum atomic E-state index is 12.8. The Morgan fingerprint density at radius 3 is 2.00 bits per heavy atom. The zero-order valence-corrected chi connectivity index (χ0v) is 14.3. The minimum atomic E-state index is -0.558. The Hall–Kier alpha value is -2.86. The van der Waals surface area contributed by atoms with E-state index in [0.29, 0.717) is 22.6 Å². The zero-order valence-electron chi connectivity index (χ0n) is 14.3. The predicted molar refractivity (Wildman–Crippen MR) is 91.1 cm³/mol. The van der Waals surface area contributed by atoms with E-state index in [1.807, 2.05) is 0 Å². The predicted octanol–water partition coefficient (Wildman–Crippen LogP) is 2.69. The van der Waals surface area contributed by atoms with Crippen molar-refractivity contribution in [1.29, 1.82) is 0 Å². The summed E-state index contributed by atoms with van der Waals surface area (Å²) in [4.78, 5) is 26.8. The summed E-state index contributed by atoms with van der Waals surface area (Å²) in [6, 6.07) is 11.6. The summed E-state index contributed by atoms with van der Waals surface area (Å²) < 4.78 is 15.9. The Labute approximate surface area is 145 Å². The third-order valence-corrected chi connectivity index (χ3v) is 4.25. The SMILES string of the molecule is COCC(c1ccc(OC)c(OC)c1)N1C(=O)c2ccccc2C1=O. The van der Waals surface area contributed by atoms with E-state index in [1.54, 1.807) is 49.6 Å². The number of carbonyl (C=O) groups excluding carboxylic acids is 2. The van der Waals surface area contributed by atoms with Crippen molar-refractivity contribution in [2.45, 2.75) is 6.04 Å². The van der Waals surface area contributed by atoms with Crippen LogP contribution in [0.5, 0.6) is 11.5 Å². The molecule has 130 valence electrons. The van der Waals surface area contributed by atoms with E-state index in [2.05, 4.69) is 0 Å². The number of hydrogen-bond acceptors (Lipinski definition) is 5. The molecule has 1 atom stereocenters. The minimum Gasteiger partial charge on any atom is -0.493 e. The highest BCUT2D eigenvalue weighted by Crippen LogP contribution is 2.35. The zero-order chi connectivity index (χ0) is 18.0. The van der Waals surface area contributed by atoms with Gasteiger partial charge in [-0.05, 0) is 29.8 Å². The summed E-state index contributed by atoms with van der Waals surface area (Å²) in [5.74, 6) is 0.456. The first-order valence-corrected chi connectivity index (χ1v) is 7.80. The number of amides is 2. The number of rotatable bonds is 6. The second-order valence-electron chi connectivity index (χ2n) is 5.61. The molecule has 6 nitrogen and oxygen atoms in total. The second kappa shape index (κ2) is 6.94. The molecular weight excluding hydrogens is 322 g/mol. The van der Waals surface area contributed by atoms with Gasteiger partial charge >= 0.3 is 0 Å². The molecule has 0 N–H and O–H groups in total. The number of imide groups is 1. The van der Waals surface area contributed by atoms with E-state index < -0.39 is 6.04 Å². The number of benzene rings is 2. The summed E-state index contributed by atoms with van der Waals surface area (Å²) >= 11 is 0. The van der Waals surface area contributed by atoms with E-state index in [-0.39, 0.29) is 18.4 Å². The molecule has 1 unspecified atom stereocenters. The molecular formula is C19H19NO5. The van der Waals surface area contributed by atoms with Crippen LogP contribution in [0, 0.1) is 0 Å². The fourth-order valence-corrected chi connectivity index (χ4v) is 3.03. The van der Waals surface area contributed by atoms with Crippen LogP contribution in [-0.2, 0) is 4.74 Å². The topological polar surface area (TPSA) is 65.1 Å². The Morgan fingerprint density at radius 2 is 1.48 bits per heavy atom. The standard InChI is InChI=1S/C19H19NO5/c1-23-11-15(12-8-9-16(24-2)17(10-12)25-3)20-18(21)13-6-4-5-7-14(13)19(20)22/h4-10,15H,11H2,1-3H3. The van der Waals surface area contributed by atoms with Gasteiger partial charge in [0.15, 0.2) is 11.5 Å². The summed E-state index contributed by atoms with van der Waals surface area (Å²) in [5, 5.41) is 0. The van der Waals surface area contributed by atoms with Gasteiger partial charge in [-0.15, -0.1) is 0 Å². The molecule has 2 aromatic carbocycles. The van der Waals surface area contributed by atoms with Gasteiger partial charge in [0.25, 0.3) is 11.8 Å². The van der Waals surface area contributed by atoms with Crippen LogP contribution in [0.25, 0.3) is 0 Å². The third-order valence-electron chi connectivity index (χ3n) is 4.25. The van der Waals surface area contributed by atoms with E-state index in [0.717, 1.165) is 5.56 Å². The quantitative estimate of drug-likeness (QED) is 0.756. The molecule has 1 aliphatic rings. The van der Waals surface area contributed by atoms with Crippen molar-refractivity contribution in [2.75, 3.05) is 27.9 Å². The first kappa shape index (κ1) is 17.0. The molecule has 0 saturated carbocycles. The molecule has 0 aliphatic carbocycles. The lowest BCUT2D eigenvalue weighted by molar-refractivity contribution is 0.0468. The fourth-order valence-electron chi connectivity index (χ4n) is 3.03. The molecule has 0 radical (unpaired) electrons. The molecule has 0 fully saturated rings. The van der Waals surface area contributed by atoms with Crippen molar-refractivity contribution in [3.05, 3.63) is 59.2 Å². The van der Waals surface area contributed by atoms with Crippen molar-refractivity contribution >= 4 is 11.8 Å². The fraction of sp³-hybridized carbons (Fsp3) is 0.263. The van der Waals surface area contributed by atoms with E-state index in [4.69, 9.17) is 14.2 Å². The maximum absolute atomic E-state index is 12.8. The summed E-state index contributed by atoms with van der Waals surface area (Å²) in [6.45, 7) is 0.181. The highest BCUT2D eigenvalue weighted by Gasteiger charge is 2.40. The van der Waals surface area contributed by atoms with Gasteiger partial charge in [-0.3, -0.25) is 14.5 Å². The molecule has 3 rings (SSSR count). The van der Waals surface area contributed by atoms with Gasteiger partial charge in [-0.1, -0.05) is 18.2 Å². The number of carbonyl (C=O) groups is 2. The Balaban J connectivity index is 2.03. The average molecular weight is 341 g/mol. The minimum absolute atomic E-state index is 0.181. The van der Waals surface area contributed by atoms with Gasteiger partial charge in [-0.2, -0.15) is 0 Å². The molecule has 0 aromatic heterocycles. The lowest BCUT2D eigenvalue weighted by Gasteiger charge is -2.26. The third kappa shape index (κ3) is 2.85. The van der Waals surface area contributed by atoms with Crippen molar-refractivity contribution in [1.82, 2.24) is 4.90 Å². The maximum Gasteiger partial charge on any atom is 0.262 e. The van der Waals surface area contributed by atoms with Gasteiger partial charge in [0.1, 0.15) is 0 Å². The van der Waals surface area contributed by atoms with E-state index in [9.17, 15) is 9.59 Å². The highest BCUT2D eigenvalue weighted by atomic mass is 16.5. The van der Waals surface area contributed by atoms with Gasteiger partial charge in [0.05, 0.1) is 38.0 Å². The molecule has 0 bridgehead atoms. The van der Waals surface area contributed by atoms with Crippen LogP contribution in [-0.4, -0.2) is 44.7 Å². The van der Waals surface area contributed by atoms with Crippen LogP contribution in [0.4, 0.5) is 0 Å². The van der Waals surface area contributed by atoms with E-state index in [1.165, 1.54) is 19.1 Å². The van der Waals surface area contributed by atoms with Crippen LogP contribution < -0.4 is 9.47 Å². The van der Waals surface area contributed by atoms with Gasteiger partial charge in [0, 0.05) is 7.11 Å². The molecule has 2 amide bonds. The molecule has 1 aliphatic heterocycles. The summed E-state index contributed by atoms with van der Waals surface area (Å²) in [7, 11) is 4.62. The van der Waals surface area contributed by atoms with Gasteiger partial charge in [0.2, 0.25) is 0 Å². The second-order valence-corrected chi connectivity index (χ2v) is 5.61. The molecule has 2 aromatic rings. The molecule has 0 spiro atoms. The largest absolute Gasteiger partial charge is 0.493 e. The van der Waals surface area contributed by atoms with Crippen LogP contribution in [0.2, 0.25) is 0 Å². The lowest BCUT2D eigenvalue weighted by Crippen LogP contribution is -2.36. The van der Waals surface area contributed by atoms with Crippen molar-refractivity contribution in [2.24, 2.45) is 0 Å². The number of methoxy groups -OCH3 is 3. The Kier molecular flexibility index (Phi) is 4.72. The first-order valence-electron chi connectivity index (χ1n) is 7.80. The monoisotopic (exact) mass is 341 g/mol. The molecule has 6 heteroatoms. The van der Waals surface area contributed by atoms with E-state index >= 15 is 0 Å². The van der Waals surface area contributed by atoms with Crippen LogP contribution in [0.1, 0.15) is 32.3 Å². The number of ether oxygens (including phenoxy) is 3. The number of hydrogen-bond donors (Lipinski definition) is 0. The normalized spacial score (nSPS) is 14.4. The lowest BCUT2D eigenvalue weighted by atomic mass is 10.0. The van der Waals surface area contributed by atoms with Gasteiger partial charge in [-0.25, -0.2) is 0 Å². The molecule has 25 heavy (non-hydrogen) atoms.